The molecule has 0 saturated carbocycles. The Morgan fingerprint density at radius 2 is 2.09 bits per heavy atom. The number of allylic oxidation sites excluding steroid dienone is 2. The quantitative estimate of drug-likeness (QED) is 0.459. The molecule has 0 fully saturated rings. The molecule has 0 spiro atoms. The van der Waals surface area contributed by atoms with E-state index in [1.165, 1.54) is 0 Å². The lowest BCUT2D eigenvalue weighted by Crippen LogP contribution is -1.91. The standard InChI is InChI=1S/C9H15NO/c1-4-6-8(7-10)9(5-2)11-3/h4-6H2,1-3H3. The van der Waals surface area contributed by atoms with Crippen molar-refractivity contribution in [1.82, 2.24) is 0 Å². The Balaban J connectivity index is 4.38. The summed E-state index contributed by atoms with van der Waals surface area (Å²) in [5, 5.41) is 8.70. The second kappa shape index (κ2) is 5.79. The second-order valence-electron chi connectivity index (χ2n) is 2.32. The average molecular weight is 153 g/mol. The molecule has 0 saturated heterocycles. The van der Waals surface area contributed by atoms with Crippen molar-refractivity contribution >= 4 is 0 Å². The fourth-order valence-electron chi connectivity index (χ4n) is 0.989. The Morgan fingerprint density at radius 1 is 1.45 bits per heavy atom. The molecule has 62 valence electrons. The maximum atomic E-state index is 8.70. The van der Waals surface area contributed by atoms with E-state index in [4.69, 9.17) is 10.00 Å². The summed E-state index contributed by atoms with van der Waals surface area (Å²) >= 11 is 0. The number of rotatable bonds is 4. The third kappa shape index (κ3) is 3.08. The number of nitrogens with zero attached hydrogens (tertiary/aromatic N) is 1. The molecule has 11 heavy (non-hydrogen) atoms. The van der Waals surface area contributed by atoms with Crippen molar-refractivity contribution < 1.29 is 4.74 Å². The van der Waals surface area contributed by atoms with E-state index in [-0.39, 0.29) is 0 Å². The van der Waals surface area contributed by atoms with Gasteiger partial charge in [-0.15, -0.1) is 0 Å². The van der Waals surface area contributed by atoms with Crippen molar-refractivity contribution in [2.45, 2.75) is 33.1 Å². The van der Waals surface area contributed by atoms with Gasteiger partial charge >= 0.3 is 0 Å². The van der Waals surface area contributed by atoms with E-state index < -0.39 is 0 Å². The lowest BCUT2D eigenvalue weighted by Gasteiger charge is -2.04. The van der Waals surface area contributed by atoms with E-state index >= 15 is 0 Å². The third-order valence-corrected chi connectivity index (χ3v) is 1.54. The minimum Gasteiger partial charge on any atom is -0.500 e. The highest BCUT2D eigenvalue weighted by molar-refractivity contribution is 5.24. The van der Waals surface area contributed by atoms with Gasteiger partial charge in [0.15, 0.2) is 0 Å². The molecule has 0 atom stereocenters. The summed E-state index contributed by atoms with van der Waals surface area (Å²) in [7, 11) is 1.62. The molecule has 0 radical (unpaired) electrons. The summed E-state index contributed by atoms with van der Waals surface area (Å²) in [5.41, 5.74) is 0.789. The SMILES string of the molecule is CCCC(C#N)=C(CC)OC. The molecule has 0 aliphatic heterocycles. The van der Waals surface area contributed by atoms with E-state index in [0.717, 1.165) is 30.6 Å². The maximum Gasteiger partial charge on any atom is 0.109 e. The zero-order valence-electron chi connectivity index (χ0n) is 7.48. The van der Waals surface area contributed by atoms with Gasteiger partial charge in [0.05, 0.1) is 18.8 Å². The van der Waals surface area contributed by atoms with Crippen molar-refractivity contribution in [1.29, 1.82) is 5.26 Å². The molecule has 2 heteroatoms. The van der Waals surface area contributed by atoms with Crippen molar-refractivity contribution in [2.24, 2.45) is 0 Å². The monoisotopic (exact) mass is 153 g/mol. The van der Waals surface area contributed by atoms with E-state index in [1.54, 1.807) is 7.11 Å². The zero-order valence-corrected chi connectivity index (χ0v) is 7.48. The van der Waals surface area contributed by atoms with Crippen LogP contribution in [0, 0.1) is 11.3 Å². The molecule has 0 N–H and O–H groups in total. The van der Waals surface area contributed by atoms with Gasteiger partial charge < -0.3 is 4.74 Å². The molecule has 0 rings (SSSR count). The average Bonchev–Trinajstić information content (AvgIpc) is 2.05. The molecule has 0 aromatic heterocycles. The van der Waals surface area contributed by atoms with E-state index in [1.807, 2.05) is 6.92 Å². The van der Waals surface area contributed by atoms with Crippen LogP contribution >= 0.6 is 0 Å². The number of hydrogen-bond donors (Lipinski definition) is 0. The van der Waals surface area contributed by atoms with Crippen molar-refractivity contribution in [3.8, 4) is 6.07 Å². The van der Waals surface area contributed by atoms with Crippen LogP contribution in [0.3, 0.4) is 0 Å². The highest BCUT2D eigenvalue weighted by Crippen LogP contribution is 2.13. The van der Waals surface area contributed by atoms with Crippen LogP contribution in [0.2, 0.25) is 0 Å². The third-order valence-electron chi connectivity index (χ3n) is 1.54. The molecule has 0 heterocycles. The van der Waals surface area contributed by atoms with Gasteiger partial charge in [-0.3, -0.25) is 0 Å². The lowest BCUT2D eigenvalue weighted by molar-refractivity contribution is 0.276. The van der Waals surface area contributed by atoms with Gasteiger partial charge in [0.1, 0.15) is 5.76 Å². The topological polar surface area (TPSA) is 33.0 Å². The minimum absolute atomic E-state index is 0.789. The molecule has 2 nitrogen and oxygen atoms in total. The summed E-state index contributed by atoms with van der Waals surface area (Å²) in [5.74, 6) is 0.828. The van der Waals surface area contributed by atoms with Crippen LogP contribution in [0.1, 0.15) is 33.1 Å². The van der Waals surface area contributed by atoms with Gasteiger partial charge in [-0.05, 0) is 6.42 Å². The fourth-order valence-corrected chi connectivity index (χ4v) is 0.989. The minimum atomic E-state index is 0.789. The van der Waals surface area contributed by atoms with E-state index in [2.05, 4.69) is 13.0 Å². The molecule has 0 unspecified atom stereocenters. The maximum absolute atomic E-state index is 8.70. The van der Waals surface area contributed by atoms with Gasteiger partial charge in [0, 0.05) is 6.42 Å². The van der Waals surface area contributed by atoms with Crippen LogP contribution in [-0.4, -0.2) is 7.11 Å². The van der Waals surface area contributed by atoms with E-state index in [0.29, 0.717) is 0 Å². The summed E-state index contributed by atoms with van der Waals surface area (Å²) in [4.78, 5) is 0. The molecule has 0 aromatic rings. The largest absolute Gasteiger partial charge is 0.500 e. The molecular formula is C9H15NO. The smallest absolute Gasteiger partial charge is 0.109 e. The predicted octanol–water partition coefficient (Wildman–Crippen LogP) is 2.62. The van der Waals surface area contributed by atoms with Crippen molar-refractivity contribution in [3.05, 3.63) is 11.3 Å². The first-order valence-corrected chi connectivity index (χ1v) is 3.96. The summed E-state index contributed by atoms with van der Waals surface area (Å²) in [6.07, 6.45) is 2.63. The summed E-state index contributed by atoms with van der Waals surface area (Å²) < 4.78 is 5.06. The number of nitriles is 1. The molecular weight excluding hydrogens is 138 g/mol. The van der Waals surface area contributed by atoms with Crippen LogP contribution < -0.4 is 0 Å². The highest BCUT2D eigenvalue weighted by atomic mass is 16.5. The van der Waals surface area contributed by atoms with Crippen LogP contribution in [0.15, 0.2) is 11.3 Å². The van der Waals surface area contributed by atoms with Crippen LogP contribution in [0.5, 0.6) is 0 Å². The van der Waals surface area contributed by atoms with Crippen molar-refractivity contribution in [3.63, 3.8) is 0 Å². The number of methoxy groups -OCH3 is 1. The highest BCUT2D eigenvalue weighted by Gasteiger charge is 2.02. The Hall–Kier alpha value is -0.970. The Kier molecular flexibility index (Phi) is 5.28. The molecule has 0 aliphatic carbocycles. The van der Waals surface area contributed by atoms with Crippen LogP contribution in [0.25, 0.3) is 0 Å². The molecule has 0 aliphatic rings. The first-order chi connectivity index (χ1) is 5.29. The number of hydrogen-bond acceptors (Lipinski definition) is 2. The lowest BCUT2D eigenvalue weighted by atomic mass is 10.1. The predicted molar refractivity (Wildman–Crippen MR) is 44.8 cm³/mol. The van der Waals surface area contributed by atoms with Crippen LogP contribution in [0.4, 0.5) is 0 Å². The van der Waals surface area contributed by atoms with Crippen molar-refractivity contribution in [2.75, 3.05) is 7.11 Å². The fraction of sp³-hybridized carbons (Fsp3) is 0.667. The molecule has 0 bridgehead atoms. The van der Waals surface area contributed by atoms with Gasteiger partial charge in [0.2, 0.25) is 0 Å². The Bertz CT molecular complexity index is 170. The van der Waals surface area contributed by atoms with Gasteiger partial charge in [-0.1, -0.05) is 20.3 Å². The van der Waals surface area contributed by atoms with Gasteiger partial charge in [-0.25, -0.2) is 0 Å². The second-order valence-corrected chi connectivity index (χ2v) is 2.32. The number of ether oxygens (including phenoxy) is 1. The normalized spacial score (nSPS) is 11.8. The summed E-state index contributed by atoms with van der Waals surface area (Å²) in [6.45, 7) is 4.05. The first kappa shape index (κ1) is 10.0. The van der Waals surface area contributed by atoms with Gasteiger partial charge in [-0.2, -0.15) is 5.26 Å². The Morgan fingerprint density at radius 3 is 2.36 bits per heavy atom. The van der Waals surface area contributed by atoms with Crippen LogP contribution in [-0.2, 0) is 4.74 Å². The molecule has 0 aromatic carbocycles. The zero-order chi connectivity index (χ0) is 8.69. The van der Waals surface area contributed by atoms with E-state index in [9.17, 15) is 0 Å². The van der Waals surface area contributed by atoms with Gasteiger partial charge in [0.25, 0.3) is 0 Å². The first-order valence-electron chi connectivity index (χ1n) is 3.96. The summed E-state index contributed by atoms with van der Waals surface area (Å²) in [6, 6.07) is 2.16. The Labute approximate surface area is 68.5 Å². The molecule has 0 amide bonds.